The molecule has 0 saturated heterocycles. The van der Waals surface area contributed by atoms with Crippen molar-refractivity contribution in [2.75, 3.05) is 6.54 Å². The molecule has 6 heteroatoms. The van der Waals surface area contributed by atoms with Crippen LogP contribution in [0.1, 0.15) is 226 Å². The lowest BCUT2D eigenvalue weighted by molar-refractivity contribution is -0.150. The summed E-state index contributed by atoms with van der Waals surface area (Å²) < 4.78 is 6.00. The van der Waals surface area contributed by atoms with E-state index in [0.29, 0.717) is 12.8 Å². The summed E-state index contributed by atoms with van der Waals surface area (Å²) in [5, 5.41) is 11.1. The van der Waals surface area contributed by atoms with Crippen LogP contribution >= 0.6 is 0 Å². The highest BCUT2D eigenvalue weighted by Gasteiger charge is 2.14. The van der Waals surface area contributed by atoms with Gasteiger partial charge in [0.25, 0.3) is 0 Å². The summed E-state index contributed by atoms with van der Waals surface area (Å²) in [4.78, 5) is 34.9. The molecule has 0 aliphatic carbocycles. The molecule has 0 aliphatic heterocycles. The van der Waals surface area contributed by atoms with E-state index in [1.165, 1.54) is 135 Å². The normalized spacial score (nSPS) is 12.0. The first-order valence-electron chi connectivity index (χ1n) is 20.8. The first kappa shape index (κ1) is 46.1. The minimum Gasteiger partial charge on any atom is -0.480 e. The first-order valence-corrected chi connectivity index (χ1v) is 20.8. The fraction of sp³-hybridized carbons (Fsp3) is 0.881. The van der Waals surface area contributed by atoms with Gasteiger partial charge in [-0.3, -0.25) is 14.4 Å². The molecule has 0 fully saturated rings. The van der Waals surface area contributed by atoms with E-state index in [1.807, 2.05) is 0 Å². The second kappa shape index (κ2) is 38.0. The van der Waals surface area contributed by atoms with Crippen LogP contribution in [0, 0.1) is 0 Å². The number of unbranched alkanes of at least 4 members (excludes halogenated alkanes) is 25. The van der Waals surface area contributed by atoms with E-state index in [4.69, 9.17) is 9.84 Å². The maximum atomic E-state index is 12.7. The van der Waals surface area contributed by atoms with Crippen LogP contribution in [0.3, 0.4) is 0 Å². The lowest BCUT2D eigenvalue weighted by atomic mass is 10.0. The lowest BCUT2D eigenvalue weighted by Crippen LogP contribution is -2.28. The molecule has 0 saturated carbocycles. The number of allylic oxidation sites excluding steroid dienone is 2. The number of ether oxygens (including phenoxy) is 1. The molecule has 0 aliphatic rings. The smallest absolute Gasteiger partial charge is 0.322 e. The van der Waals surface area contributed by atoms with Crippen molar-refractivity contribution >= 4 is 17.8 Å². The fourth-order valence-corrected chi connectivity index (χ4v) is 6.33. The van der Waals surface area contributed by atoms with Gasteiger partial charge in [-0.1, -0.05) is 161 Å². The van der Waals surface area contributed by atoms with Gasteiger partial charge in [-0.05, 0) is 64.2 Å². The van der Waals surface area contributed by atoms with Crippen molar-refractivity contribution in [3.05, 3.63) is 12.2 Å². The maximum absolute atomic E-state index is 12.7. The average Bonchev–Trinajstić information content (AvgIpc) is 3.07. The molecule has 0 rings (SSSR count). The molecule has 0 heterocycles. The van der Waals surface area contributed by atoms with Gasteiger partial charge < -0.3 is 15.2 Å². The highest BCUT2D eigenvalue weighted by Crippen LogP contribution is 2.19. The third kappa shape index (κ3) is 37.0. The Hall–Kier alpha value is -1.85. The van der Waals surface area contributed by atoms with Crippen molar-refractivity contribution in [1.29, 1.82) is 0 Å². The minimum atomic E-state index is -1.01. The van der Waals surface area contributed by atoms with E-state index in [0.717, 1.165) is 64.2 Å². The number of hydrogen-bond acceptors (Lipinski definition) is 4. The molecule has 0 radical (unpaired) electrons. The van der Waals surface area contributed by atoms with E-state index in [2.05, 4.69) is 31.3 Å². The molecule has 0 aromatic carbocycles. The number of carboxylic acid groups (broad SMARTS) is 1. The summed E-state index contributed by atoms with van der Waals surface area (Å²) >= 11 is 0. The van der Waals surface area contributed by atoms with Crippen LogP contribution in [0.15, 0.2) is 12.2 Å². The first-order chi connectivity index (χ1) is 23.5. The van der Waals surface area contributed by atoms with Crippen LogP contribution in [0.4, 0.5) is 0 Å². The molecule has 1 unspecified atom stereocenters. The quantitative estimate of drug-likeness (QED) is 0.0385. The van der Waals surface area contributed by atoms with Crippen molar-refractivity contribution in [2.45, 2.75) is 232 Å². The van der Waals surface area contributed by atoms with Crippen molar-refractivity contribution in [2.24, 2.45) is 0 Å². The molecule has 6 nitrogen and oxygen atoms in total. The number of hydrogen-bond donors (Lipinski definition) is 2. The molecule has 1 amide bonds. The summed E-state index contributed by atoms with van der Waals surface area (Å²) in [5.74, 6) is -1.23. The SMILES string of the molecule is CCCCCCCCC/C=C\CCCCCCCCCC(=O)OC(CCCCCCCCCC)CCCCCCCC(=O)NCC(=O)O. The zero-order valence-electron chi connectivity index (χ0n) is 31.9. The van der Waals surface area contributed by atoms with Crippen LogP contribution in [0.2, 0.25) is 0 Å². The van der Waals surface area contributed by atoms with Gasteiger partial charge in [0, 0.05) is 12.8 Å². The number of carbonyl (C=O) groups is 3. The largest absolute Gasteiger partial charge is 0.480 e. The lowest BCUT2D eigenvalue weighted by Gasteiger charge is -2.18. The standard InChI is InChI=1S/C42H79NO5/c1-3-5-7-9-11-13-14-15-16-17-18-19-20-21-22-24-29-33-37-42(47)48-39(34-30-26-23-12-10-8-6-4-2)35-31-27-25-28-32-36-40(44)43-38-41(45)46/h16-17,39H,3-15,18-38H2,1-2H3,(H,43,44)(H,45,46)/b17-16-. The highest BCUT2D eigenvalue weighted by molar-refractivity contribution is 5.80. The van der Waals surface area contributed by atoms with E-state index >= 15 is 0 Å². The van der Waals surface area contributed by atoms with Crippen LogP contribution in [-0.2, 0) is 19.1 Å². The van der Waals surface area contributed by atoms with Gasteiger partial charge >= 0.3 is 11.9 Å². The van der Waals surface area contributed by atoms with E-state index in [-0.39, 0.29) is 24.5 Å². The molecule has 2 N–H and O–H groups in total. The molecule has 0 aromatic rings. The van der Waals surface area contributed by atoms with Crippen molar-refractivity contribution in [3.8, 4) is 0 Å². The van der Waals surface area contributed by atoms with Gasteiger partial charge in [0.1, 0.15) is 12.6 Å². The molecule has 0 spiro atoms. The van der Waals surface area contributed by atoms with E-state index in [1.54, 1.807) is 0 Å². The zero-order chi connectivity index (χ0) is 35.2. The summed E-state index contributed by atoms with van der Waals surface area (Å²) in [5.41, 5.74) is 0. The Bertz CT molecular complexity index is 752. The second-order valence-electron chi connectivity index (χ2n) is 14.2. The summed E-state index contributed by atoms with van der Waals surface area (Å²) in [7, 11) is 0. The van der Waals surface area contributed by atoms with Crippen LogP contribution in [-0.4, -0.2) is 35.6 Å². The minimum absolute atomic E-state index is 0.0183. The number of rotatable bonds is 38. The Labute approximate surface area is 297 Å². The van der Waals surface area contributed by atoms with Crippen LogP contribution in [0.5, 0.6) is 0 Å². The number of carbonyl (C=O) groups excluding carboxylic acids is 2. The Balaban J connectivity index is 4.01. The van der Waals surface area contributed by atoms with Crippen molar-refractivity contribution in [3.63, 3.8) is 0 Å². The van der Waals surface area contributed by atoms with Gasteiger partial charge in [0.15, 0.2) is 0 Å². The maximum Gasteiger partial charge on any atom is 0.322 e. The third-order valence-corrected chi connectivity index (χ3v) is 9.44. The van der Waals surface area contributed by atoms with Crippen molar-refractivity contribution in [1.82, 2.24) is 5.32 Å². The summed E-state index contributed by atoms with van der Waals surface area (Å²) in [6.07, 6.45) is 43.4. The van der Waals surface area contributed by atoms with Crippen LogP contribution < -0.4 is 5.32 Å². The molecule has 1 atom stereocenters. The predicted molar refractivity (Wildman–Crippen MR) is 203 cm³/mol. The van der Waals surface area contributed by atoms with Gasteiger partial charge in [-0.15, -0.1) is 0 Å². The second-order valence-corrected chi connectivity index (χ2v) is 14.2. The monoisotopic (exact) mass is 678 g/mol. The Morgan fingerprint density at radius 1 is 0.521 bits per heavy atom. The number of aliphatic carboxylic acids is 1. The van der Waals surface area contributed by atoms with Gasteiger partial charge in [-0.25, -0.2) is 0 Å². The number of carboxylic acids is 1. The van der Waals surface area contributed by atoms with Crippen LogP contribution in [0.25, 0.3) is 0 Å². The number of esters is 1. The Morgan fingerprint density at radius 2 is 0.896 bits per heavy atom. The Morgan fingerprint density at radius 3 is 1.33 bits per heavy atom. The van der Waals surface area contributed by atoms with E-state index in [9.17, 15) is 14.4 Å². The Kier molecular flexibility index (Phi) is 36.5. The van der Waals surface area contributed by atoms with Crippen molar-refractivity contribution < 1.29 is 24.2 Å². The zero-order valence-corrected chi connectivity index (χ0v) is 31.9. The number of nitrogens with one attached hydrogen (secondary N) is 1. The summed E-state index contributed by atoms with van der Waals surface area (Å²) in [6, 6.07) is 0. The van der Waals surface area contributed by atoms with Gasteiger partial charge in [0.05, 0.1) is 0 Å². The predicted octanol–water partition coefficient (Wildman–Crippen LogP) is 12.6. The number of amides is 1. The molecular weight excluding hydrogens is 598 g/mol. The molecule has 48 heavy (non-hydrogen) atoms. The molecule has 0 bridgehead atoms. The molecule has 0 aromatic heterocycles. The fourth-order valence-electron chi connectivity index (χ4n) is 6.33. The molecule has 282 valence electrons. The highest BCUT2D eigenvalue weighted by atomic mass is 16.5. The van der Waals surface area contributed by atoms with Gasteiger partial charge in [0.2, 0.25) is 5.91 Å². The average molecular weight is 678 g/mol. The van der Waals surface area contributed by atoms with E-state index < -0.39 is 5.97 Å². The topological polar surface area (TPSA) is 92.7 Å². The summed E-state index contributed by atoms with van der Waals surface area (Å²) in [6.45, 7) is 4.22. The third-order valence-electron chi connectivity index (χ3n) is 9.44. The van der Waals surface area contributed by atoms with Gasteiger partial charge in [-0.2, -0.15) is 0 Å². The molecular formula is C42H79NO5.